The molecule has 1 aliphatic rings. The Hall–Kier alpha value is -1.62. The summed E-state index contributed by atoms with van der Waals surface area (Å²) in [5.74, 6) is 0.426. The first-order chi connectivity index (χ1) is 9.55. The minimum absolute atomic E-state index is 0.227. The van der Waals surface area contributed by atoms with E-state index in [-0.39, 0.29) is 5.39 Å². The molecule has 1 aliphatic heterocycles. The van der Waals surface area contributed by atoms with Crippen molar-refractivity contribution in [1.82, 2.24) is 10.3 Å². The van der Waals surface area contributed by atoms with Gasteiger partial charge in [0.15, 0.2) is 0 Å². The minimum Gasteiger partial charge on any atom is -0.317 e. The Kier molecular flexibility index (Phi) is 3.38. The number of pyridine rings is 1. The normalized spacial score (nSPS) is 17.6. The van der Waals surface area contributed by atoms with Crippen LogP contribution in [-0.2, 0) is 6.18 Å². The summed E-state index contributed by atoms with van der Waals surface area (Å²) in [7, 11) is 0. The van der Waals surface area contributed by atoms with Crippen LogP contribution in [0.3, 0.4) is 0 Å². The van der Waals surface area contributed by atoms with Gasteiger partial charge in [0.05, 0.1) is 5.56 Å². The molecule has 20 heavy (non-hydrogen) atoms. The van der Waals surface area contributed by atoms with E-state index in [0.29, 0.717) is 11.3 Å². The summed E-state index contributed by atoms with van der Waals surface area (Å²) in [6.45, 7) is 1.92. The standard InChI is InChI=1S/C15H15F3N2/c16-15(17,18)14-9-20-8-12-7-11(1-2-13(12)14)10-3-5-19-6-4-10/h1-2,7-10,19H,3-6H2. The lowest BCUT2D eigenvalue weighted by atomic mass is 9.89. The fourth-order valence-corrected chi connectivity index (χ4v) is 2.83. The van der Waals surface area contributed by atoms with Gasteiger partial charge in [0, 0.05) is 17.8 Å². The average Bonchev–Trinajstić information content (AvgIpc) is 2.46. The summed E-state index contributed by atoms with van der Waals surface area (Å²) < 4.78 is 38.8. The van der Waals surface area contributed by atoms with Crippen LogP contribution in [0.4, 0.5) is 13.2 Å². The first-order valence-corrected chi connectivity index (χ1v) is 6.71. The molecule has 0 radical (unpaired) electrons. The first kappa shape index (κ1) is 13.4. The van der Waals surface area contributed by atoms with Crippen LogP contribution >= 0.6 is 0 Å². The Labute approximate surface area is 115 Å². The van der Waals surface area contributed by atoms with Crippen LogP contribution in [0, 0.1) is 0 Å². The van der Waals surface area contributed by atoms with E-state index in [1.54, 1.807) is 6.07 Å². The number of alkyl halides is 3. The van der Waals surface area contributed by atoms with Gasteiger partial charge in [0.1, 0.15) is 0 Å². The molecule has 2 aromatic rings. The monoisotopic (exact) mass is 280 g/mol. The molecule has 2 nitrogen and oxygen atoms in total. The summed E-state index contributed by atoms with van der Waals surface area (Å²) in [5, 5.41) is 4.08. The van der Waals surface area contributed by atoms with Crippen LogP contribution in [-0.4, -0.2) is 18.1 Å². The highest BCUT2D eigenvalue weighted by Crippen LogP contribution is 2.35. The summed E-state index contributed by atoms with van der Waals surface area (Å²) >= 11 is 0. The molecular formula is C15H15F3N2. The molecule has 0 bridgehead atoms. The molecule has 1 saturated heterocycles. The second-order valence-corrected chi connectivity index (χ2v) is 5.19. The van der Waals surface area contributed by atoms with Gasteiger partial charge < -0.3 is 5.32 Å². The van der Waals surface area contributed by atoms with Crippen LogP contribution in [0.2, 0.25) is 0 Å². The van der Waals surface area contributed by atoms with Crippen LogP contribution in [0.1, 0.15) is 29.9 Å². The van der Waals surface area contributed by atoms with Gasteiger partial charge in [-0.1, -0.05) is 12.1 Å². The molecule has 0 spiro atoms. The Morgan fingerprint density at radius 3 is 2.55 bits per heavy atom. The average molecular weight is 280 g/mol. The predicted molar refractivity (Wildman–Crippen MR) is 71.6 cm³/mol. The van der Waals surface area contributed by atoms with Crippen molar-refractivity contribution in [2.24, 2.45) is 0 Å². The zero-order valence-electron chi connectivity index (χ0n) is 10.9. The lowest BCUT2D eigenvalue weighted by molar-refractivity contribution is -0.136. The van der Waals surface area contributed by atoms with Gasteiger partial charge in [-0.25, -0.2) is 0 Å². The number of hydrogen-bond donors (Lipinski definition) is 1. The molecule has 1 N–H and O–H groups in total. The molecule has 5 heteroatoms. The van der Waals surface area contributed by atoms with Crippen molar-refractivity contribution in [2.75, 3.05) is 13.1 Å². The maximum Gasteiger partial charge on any atom is 0.418 e. The van der Waals surface area contributed by atoms with Crippen molar-refractivity contribution in [3.8, 4) is 0 Å². The lowest BCUT2D eigenvalue weighted by Crippen LogP contribution is -2.26. The number of rotatable bonds is 1. The highest BCUT2D eigenvalue weighted by molar-refractivity contribution is 5.86. The zero-order chi connectivity index (χ0) is 14.2. The maximum absolute atomic E-state index is 12.9. The largest absolute Gasteiger partial charge is 0.418 e. The molecule has 1 fully saturated rings. The van der Waals surface area contributed by atoms with E-state index < -0.39 is 11.7 Å². The van der Waals surface area contributed by atoms with E-state index in [9.17, 15) is 13.2 Å². The second-order valence-electron chi connectivity index (χ2n) is 5.19. The molecule has 106 valence electrons. The fourth-order valence-electron chi connectivity index (χ4n) is 2.83. The highest BCUT2D eigenvalue weighted by Gasteiger charge is 2.33. The summed E-state index contributed by atoms with van der Waals surface area (Å²) in [6, 6.07) is 5.26. The third-order valence-corrected chi connectivity index (χ3v) is 3.90. The van der Waals surface area contributed by atoms with E-state index in [1.165, 1.54) is 6.20 Å². The van der Waals surface area contributed by atoms with Crippen molar-refractivity contribution < 1.29 is 13.2 Å². The molecule has 1 aromatic carbocycles. The number of fused-ring (bicyclic) bond motifs is 1. The van der Waals surface area contributed by atoms with Gasteiger partial charge in [0.2, 0.25) is 0 Å². The first-order valence-electron chi connectivity index (χ1n) is 6.71. The Bertz CT molecular complexity index is 616. The maximum atomic E-state index is 12.9. The molecule has 2 heterocycles. The van der Waals surface area contributed by atoms with Gasteiger partial charge in [-0.05, 0) is 48.9 Å². The highest BCUT2D eigenvalue weighted by atomic mass is 19.4. The van der Waals surface area contributed by atoms with E-state index in [0.717, 1.165) is 37.7 Å². The number of nitrogens with one attached hydrogen (secondary N) is 1. The third kappa shape index (κ3) is 2.50. The lowest BCUT2D eigenvalue weighted by Gasteiger charge is -2.23. The minimum atomic E-state index is -4.36. The molecule has 0 atom stereocenters. The molecule has 0 unspecified atom stereocenters. The van der Waals surface area contributed by atoms with Crippen molar-refractivity contribution in [1.29, 1.82) is 0 Å². The van der Waals surface area contributed by atoms with Crippen molar-refractivity contribution >= 4 is 10.8 Å². The smallest absolute Gasteiger partial charge is 0.317 e. The molecule has 0 aliphatic carbocycles. The fraction of sp³-hybridized carbons (Fsp3) is 0.400. The van der Waals surface area contributed by atoms with Gasteiger partial charge in [-0.15, -0.1) is 0 Å². The number of aromatic nitrogens is 1. The summed E-state index contributed by atoms with van der Waals surface area (Å²) in [6.07, 6.45) is 0.0975. The quantitative estimate of drug-likeness (QED) is 0.861. The second kappa shape index (κ2) is 5.05. The Morgan fingerprint density at radius 2 is 1.85 bits per heavy atom. The number of halogens is 3. The Balaban J connectivity index is 2.04. The van der Waals surface area contributed by atoms with Gasteiger partial charge >= 0.3 is 6.18 Å². The molecule has 0 amide bonds. The van der Waals surface area contributed by atoms with Crippen LogP contribution in [0.5, 0.6) is 0 Å². The number of piperidine rings is 1. The molecular weight excluding hydrogens is 265 g/mol. The van der Waals surface area contributed by atoms with Gasteiger partial charge in [0.25, 0.3) is 0 Å². The van der Waals surface area contributed by atoms with Crippen LogP contribution in [0.15, 0.2) is 30.6 Å². The third-order valence-electron chi connectivity index (χ3n) is 3.90. The van der Waals surface area contributed by atoms with E-state index >= 15 is 0 Å². The van der Waals surface area contributed by atoms with E-state index in [2.05, 4.69) is 10.3 Å². The van der Waals surface area contributed by atoms with E-state index in [1.807, 2.05) is 12.1 Å². The van der Waals surface area contributed by atoms with Crippen molar-refractivity contribution in [2.45, 2.75) is 24.9 Å². The number of hydrogen-bond acceptors (Lipinski definition) is 2. The van der Waals surface area contributed by atoms with E-state index in [4.69, 9.17) is 0 Å². The number of nitrogens with zero attached hydrogens (tertiary/aromatic N) is 1. The Morgan fingerprint density at radius 1 is 1.10 bits per heavy atom. The topological polar surface area (TPSA) is 24.9 Å². The van der Waals surface area contributed by atoms with Gasteiger partial charge in [-0.3, -0.25) is 4.98 Å². The van der Waals surface area contributed by atoms with Gasteiger partial charge in [-0.2, -0.15) is 13.2 Å². The van der Waals surface area contributed by atoms with Crippen molar-refractivity contribution in [3.05, 3.63) is 41.7 Å². The SMILES string of the molecule is FC(F)(F)c1cncc2cc(C3CCNCC3)ccc12. The zero-order valence-corrected chi connectivity index (χ0v) is 10.9. The molecule has 0 saturated carbocycles. The van der Waals surface area contributed by atoms with Crippen LogP contribution in [0.25, 0.3) is 10.8 Å². The predicted octanol–water partition coefficient (Wildman–Crippen LogP) is 3.72. The summed E-state index contributed by atoms with van der Waals surface area (Å²) in [5.41, 5.74) is 0.451. The van der Waals surface area contributed by atoms with Crippen LogP contribution < -0.4 is 5.32 Å². The number of benzene rings is 1. The summed E-state index contributed by atoms with van der Waals surface area (Å²) in [4.78, 5) is 3.73. The van der Waals surface area contributed by atoms with Crippen molar-refractivity contribution in [3.63, 3.8) is 0 Å². The molecule has 1 aromatic heterocycles. The molecule has 3 rings (SSSR count).